The van der Waals surface area contributed by atoms with Gasteiger partial charge in [0.2, 0.25) is 5.88 Å². The molecule has 19 heavy (non-hydrogen) atoms. The molecule has 6 heteroatoms. The van der Waals surface area contributed by atoms with Gasteiger partial charge in [-0.2, -0.15) is 4.98 Å². The molecule has 0 saturated heterocycles. The number of ether oxygens (including phenoxy) is 3. The molecule has 0 amide bonds. The lowest BCUT2D eigenvalue weighted by atomic mass is 10.4. The van der Waals surface area contributed by atoms with Crippen molar-refractivity contribution in [3.05, 3.63) is 17.0 Å². The normalized spacial score (nSPS) is 10.7. The van der Waals surface area contributed by atoms with Gasteiger partial charge in [0.15, 0.2) is 5.82 Å². The van der Waals surface area contributed by atoms with E-state index in [-0.39, 0.29) is 0 Å². The van der Waals surface area contributed by atoms with Gasteiger partial charge in [-0.3, -0.25) is 0 Å². The van der Waals surface area contributed by atoms with E-state index >= 15 is 0 Å². The van der Waals surface area contributed by atoms with Crippen LogP contribution in [-0.4, -0.2) is 36.4 Å². The molecule has 5 nitrogen and oxygen atoms in total. The van der Waals surface area contributed by atoms with Crippen molar-refractivity contribution in [1.82, 2.24) is 9.97 Å². The largest absolute Gasteiger partial charge is 0.475 e. The molecular weight excluding hydrogens is 268 g/mol. The number of halogens is 1. The minimum atomic E-state index is 0.334. The molecule has 0 unspecified atom stereocenters. The van der Waals surface area contributed by atoms with Gasteiger partial charge >= 0.3 is 0 Å². The molecule has 0 N–H and O–H groups in total. The van der Waals surface area contributed by atoms with Crippen LogP contribution in [-0.2, 0) is 16.1 Å². The van der Waals surface area contributed by atoms with Gasteiger partial charge in [-0.25, -0.2) is 4.98 Å². The van der Waals surface area contributed by atoms with E-state index in [0.717, 1.165) is 19.4 Å². The van der Waals surface area contributed by atoms with Crippen LogP contribution in [0.4, 0.5) is 0 Å². The zero-order valence-electron chi connectivity index (χ0n) is 11.5. The predicted molar refractivity (Wildman–Crippen MR) is 73.6 cm³/mol. The van der Waals surface area contributed by atoms with E-state index in [4.69, 9.17) is 25.8 Å². The molecule has 0 atom stereocenters. The van der Waals surface area contributed by atoms with Crippen molar-refractivity contribution in [3.8, 4) is 5.88 Å². The minimum absolute atomic E-state index is 0.334. The Bertz CT molecular complexity index is 364. The van der Waals surface area contributed by atoms with Crippen molar-refractivity contribution in [2.45, 2.75) is 33.3 Å². The quantitative estimate of drug-likeness (QED) is 0.489. The topological polar surface area (TPSA) is 53.5 Å². The number of aromatic nitrogens is 2. The summed E-state index contributed by atoms with van der Waals surface area (Å²) < 4.78 is 16.1. The Morgan fingerprint density at radius 2 is 1.95 bits per heavy atom. The van der Waals surface area contributed by atoms with Crippen LogP contribution in [0.25, 0.3) is 0 Å². The summed E-state index contributed by atoms with van der Waals surface area (Å²) in [4.78, 5) is 8.26. The highest BCUT2D eigenvalue weighted by molar-refractivity contribution is 6.29. The Hall–Kier alpha value is -0.910. The van der Waals surface area contributed by atoms with Gasteiger partial charge < -0.3 is 14.2 Å². The third-order valence-corrected chi connectivity index (χ3v) is 2.47. The molecule has 0 aromatic carbocycles. The van der Waals surface area contributed by atoms with Gasteiger partial charge in [0.25, 0.3) is 0 Å². The number of unbranched alkanes of at least 4 members (excludes halogenated alkanes) is 1. The highest BCUT2D eigenvalue weighted by atomic mass is 35.5. The molecule has 1 aromatic rings. The first kappa shape index (κ1) is 16.1. The first-order valence-electron chi connectivity index (χ1n) is 6.58. The third kappa shape index (κ3) is 7.30. The van der Waals surface area contributed by atoms with E-state index in [0.29, 0.717) is 43.3 Å². The van der Waals surface area contributed by atoms with E-state index in [2.05, 4.69) is 16.9 Å². The van der Waals surface area contributed by atoms with E-state index in [1.807, 2.05) is 6.92 Å². The van der Waals surface area contributed by atoms with Gasteiger partial charge in [0.05, 0.1) is 6.61 Å². The van der Waals surface area contributed by atoms with Gasteiger partial charge in [-0.15, -0.1) is 0 Å². The van der Waals surface area contributed by atoms with Crippen LogP contribution in [0.2, 0.25) is 5.15 Å². The first-order valence-corrected chi connectivity index (χ1v) is 6.95. The number of hydrogen-bond donors (Lipinski definition) is 0. The van der Waals surface area contributed by atoms with Crippen LogP contribution in [0.15, 0.2) is 6.07 Å². The lowest BCUT2D eigenvalue weighted by Gasteiger charge is -2.08. The van der Waals surface area contributed by atoms with Gasteiger partial charge in [-0.05, 0) is 13.3 Å². The Labute approximate surface area is 119 Å². The van der Waals surface area contributed by atoms with Crippen LogP contribution in [0.1, 0.15) is 32.5 Å². The maximum atomic E-state index is 5.89. The minimum Gasteiger partial charge on any atom is -0.475 e. The van der Waals surface area contributed by atoms with E-state index in [9.17, 15) is 0 Å². The van der Waals surface area contributed by atoms with Crippen LogP contribution < -0.4 is 4.74 Å². The lowest BCUT2D eigenvalue weighted by molar-refractivity contribution is 0.0955. The molecule has 1 rings (SSSR count). The lowest BCUT2D eigenvalue weighted by Crippen LogP contribution is -2.09. The van der Waals surface area contributed by atoms with Crippen LogP contribution >= 0.6 is 11.6 Å². The van der Waals surface area contributed by atoms with Crippen molar-refractivity contribution in [3.63, 3.8) is 0 Å². The summed E-state index contributed by atoms with van der Waals surface area (Å²) in [6.45, 7) is 6.74. The van der Waals surface area contributed by atoms with E-state index in [1.165, 1.54) is 0 Å². The molecule has 0 aliphatic carbocycles. The molecule has 0 radical (unpaired) electrons. The molecule has 0 saturated carbocycles. The second-order valence-corrected chi connectivity index (χ2v) is 4.28. The van der Waals surface area contributed by atoms with E-state index in [1.54, 1.807) is 6.07 Å². The fourth-order valence-corrected chi connectivity index (χ4v) is 1.52. The number of nitrogens with zero attached hydrogens (tertiary/aromatic N) is 2. The van der Waals surface area contributed by atoms with Crippen molar-refractivity contribution < 1.29 is 14.2 Å². The average Bonchev–Trinajstić information content (AvgIpc) is 2.40. The molecule has 0 aliphatic rings. The molecule has 1 heterocycles. The second kappa shape index (κ2) is 9.95. The zero-order valence-corrected chi connectivity index (χ0v) is 12.3. The van der Waals surface area contributed by atoms with Crippen LogP contribution in [0, 0.1) is 0 Å². The molecule has 0 fully saturated rings. The maximum absolute atomic E-state index is 5.89. The first-order chi connectivity index (χ1) is 9.26. The summed E-state index contributed by atoms with van der Waals surface area (Å²) in [6, 6.07) is 1.59. The van der Waals surface area contributed by atoms with Crippen molar-refractivity contribution in [1.29, 1.82) is 0 Å². The highest BCUT2D eigenvalue weighted by Gasteiger charge is 2.04. The summed E-state index contributed by atoms with van der Waals surface area (Å²) in [5, 5.41) is 0.353. The van der Waals surface area contributed by atoms with Crippen molar-refractivity contribution in [2.75, 3.05) is 26.4 Å². The molecule has 0 aliphatic heterocycles. The van der Waals surface area contributed by atoms with Gasteiger partial charge in [0, 0.05) is 19.3 Å². The zero-order chi connectivity index (χ0) is 13.9. The molecule has 1 aromatic heterocycles. The van der Waals surface area contributed by atoms with E-state index < -0.39 is 0 Å². The predicted octanol–water partition coefficient (Wildman–Crippen LogP) is 2.86. The Morgan fingerprint density at radius 3 is 2.68 bits per heavy atom. The Morgan fingerprint density at radius 1 is 1.11 bits per heavy atom. The summed E-state index contributed by atoms with van der Waals surface area (Å²) in [5.74, 6) is 0.977. The SMILES string of the molecule is CCCCOCCOc1cc(Cl)nc(COCC)n1. The molecule has 0 bridgehead atoms. The Balaban J connectivity index is 2.34. The second-order valence-electron chi connectivity index (χ2n) is 3.90. The summed E-state index contributed by atoms with van der Waals surface area (Å²) in [6.07, 6.45) is 2.20. The monoisotopic (exact) mass is 288 g/mol. The van der Waals surface area contributed by atoms with Gasteiger partial charge in [-0.1, -0.05) is 24.9 Å². The van der Waals surface area contributed by atoms with Crippen LogP contribution in [0.3, 0.4) is 0 Å². The van der Waals surface area contributed by atoms with Crippen molar-refractivity contribution in [2.24, 2.45) is 0 Å². The average molecular weight is 289 g/mol. The molecular formula is C13H21ClN2O3. The summed E-state index contributed by atoms with van der Waals surface area (Å²) in [5.41, 5.74) is 0. The van der Waals surface area contributed by atoms with Gasteiger partial charge in [0.1, 0.15) is 18.4 Å². The summed E-state index contributed by atoms with van der Waals surface area (Å²) >= 11 is 5.89. The maximum Gasteiger partial charge on any atom is 0.218 e. The third-order valence-electron chi connectivity index (χ3n) is 2.27. The summed E-state index contributed by atoms with van der Waals surface area (Å²) in [7, 11) is 0. The Kier molecular flexibility index (Phi) is 8.45. The van der Waals surface area contributed by atoms with Crippen LogP contribution in [0.5, 0.6) is 5.88 Å². The van der Waals surface area contributed by atoms with Crippen molar-refractivity contribution >= 4 is 11.6 Å². The number of hydrogen-bond acceptors (Lipinski definition) is 5. The molecule has 0 spiro atoms. The fourth-order valence-electron chi connectivity index (χ4n) is 1.33. The molecule has 108 valence electrons. The number of rotatable bonds is 10. The smallest absolute Gasteiger partial charge is 0.218 e. The standard InChI is InChI=1S/C13H21ClN2O3/c1-3-5-6-18-7-8-19-13-9-11(14)15-12(16-13)10-17-4-2/h9H,3-8,10H2,1-2H3. The highest BCUT2D eigenvalue weighted by Crippen LogP contribution is 2.14. The fraction of sp³-hybridized carbons (Fsp3) is 0.692.